The number of pyridine rings is 2. The lowest BCUT2D eigenvalue weighted by Crippen LogP contribution is -2.43. The normalized spacial score (nSPS) is 14.7. The number of hydrogen-bond acceptors (Lipinski definition) is 4. The minimum absolute atomic E-state index is 0. The summed E-state index contributed by atoms with van der Waals surface area (Å²) < 4.78 is 0. The topological polar surface area (TPSA) is 61.0 Å². The second-order valence-electron chi connectivity index (χ2n) is 7.46. The third kappa shape index (κ3) is 5.93. The number of benzene rings is 1. The van der Waals surface area contributed by atoms with Gasteiger partial charge in [-0.25, -0.2) is 0 Å². The number of halogens is 1. The Kier molecular flexibility index (Phi) is 8.04. The maximum Gasteiger partial charge on any atom is 0.248 e. The van der Waals surface area contributed by atoms with E-state index in [9.17, 15) is 4.79 Å². The summed E-state index contributed by atoms with van der Waals surface area (Å²) in [5, 5.41) is 4.60. The highest BCUT2D eigenvalue weighted by Gasteiger charge is 2.18. The van der Waals surface area contributed by atoms with Crippen LogP contribution in [-0.4, -0.2) is 47.1 Å². The van der Waals surface area contributed by atoms with Crippen molar-refractivity contribution in [1.29, 1.82) is 0 Å². The first-order valence-corrected chi connectivity index (χ1v) is 10.2. The molecule has 4 rings (SSSR count). The Labute approximate surface area is 183 Å². The molecule has 0 radical (unpaired) electrons. The maximum absolute atomic E-state index is 11.7. The summed E-state index contributed by atoms with van der Waals surface area (Å²) in [6, 6.07) is 16.0. The van der Waals surface area contributed by atoms with Gasteiger partial charge in [0.2, 0.25) is 5.56 Å². The minimum atomic E-state index is -0.0750. The Balaban J connectivity index is 0.00000256. The third-order valence-corrected chi connectivity index (χ3v) is 5.46. The van der Waals surface area contributed by atoms with Crippen molar-refractivity contribution in [3.05, 3.63) is 76.3 Å². The smallest absolute Gasteiger partial charge is 0.248 e. The maximum atomic E-state index is 11.7. The molecule has 1 fully saturated rings. The molecule has 5 nitrogen and oxygen atoms in total. The summed E-state index contributed by atoms with van der Waals surface area (Å²) in [6.45, 7) is 3.84. The number of piperidine rings is 1. The van der Waals surface area contributed by atoms with E-state index in [1.165, 1.54) is 0 Å². The van der Waals surface area contributed by atoms with E-state index >= 15 is 0 Å². The Morgan fingerprint density at radius 1 is 1.10 bits per heavy atom. The Morgan fingerprint density at radius 3 is 2.70 bits per heavy atom. The quantitative estimate of drug-likeness (QED) is 0.620. The zero-order valence-corrected chi connectivity index (χ0v) is 17.8. The molecule has 156 valence electrons. The van der Waals surface area contributed by atoms with E-state index in [0.717, 1.165) is 67.6 Å². The summed E-state index contributed by atoms with van der Waals surface area (Å²) in [4.78, 5) is 21.6. The molecule has 1 aliphatic heterocycles. The van der Waals surface area contributed by atoms with Gasteiger partial charge in [0.15, 0.2) is 0 Å². The van der Waals surface area contributed by atoms with Gasteiger partial charge in [0.05, 0.1) is 17.8 Å². The molecule has 1 saturated heterocycles. The molecule has 0 spiro atoms. The number of nitrogens with zero attached hydrogens (tertiary/aromatic N) is 2. The van der Waals surface area contributed by atoms with Crippen LogP contribution in [0.4, 0.5) is 0 Å². The van der Waals surface area contributed by atoms with Gasteiger partial charge in [0.1, 0.15) is 0 Å². The van der Waals surface area contributed by atoms with E-state index < -0.39 is 0 Å². The molecular formula is C24H27ClN4O. The van der Waals surface area contributed by atoms with Crippen molar-refractivity contribution in [1.82, 2.24) is 20.2 Å². The molecule has 2 N–H and O–H groups in total. The van der Waals surface area contributed by atoms with Crippen LogP contribution in [0.2, 0.25) is 0 Å². The zero-order chi connectivity index (χ0) is 19.9. The molecule has 3 aromatic rings. The van der Waals surface area contributed by atoms with E-state index in [-0.39, 0.29) is 18.0 Å². The molecule has 0 aliphatic carbocycles. The fraction of sp³-hybridized carbons (Fsp3) is 0.333. The lowest BCUT2D eigenvalue weighted by molar-refractivity contribution is 0.202. The van der Waals surface area contributed by atoms with Gasteiger partial charge in [-0.3, -0.25) is 9.78 Å². The molecule has 0 unspecified atom stereocenters. The third-order valence-electron chi connectivity index (χ3n) is 5.46. The summed E-state index contributed by atoms with van der Waals surface area (Å²) in [6.07, 6.45) is 4.93. The Morgan fingerprint density at radius 2 is 1.90 bits per heavy atom. The van der Waals surface area contributed by atoms with Crippen LogP contribution in [0.1, 0.15) is 24.1 Å². The van der Waals surface area contributed by atoms with Crippen molar-refractivity contribution in [2.45, 2.75) is 25.3 Å². The standard InChI is InChI=1S/C24H26N4O.ClH/c29-23-9-8-20-10-15-26-22(24(20)27-23)13-18-28-16-11-21(12-17-28)25-14-4-7-19-5-2-1-3-6-19;/h1-3,5-6,8-10,15,21,25H,11-14,16-18H2,(H,27,29);1H. The van der Waals surface area contributed by atoms with Crippen molar-refractivity contribution >= 4 is 23.3 Å². The second-order valence-corrected chi connectivity index (χ2v) is 7.46. The van der Waals surface area contributed by atoms with Gasteiger partial charge in [-0.1, -0.05) is 30.0 Å². The number of fused-ring (bicyclic) bond motifs is 1. The van der Waals surface area contributed by atoms with Gasteiger partial charge in [-0.05, 0) is 50.2 Å². The molecule has 2 aromatic heterocycles. The predicted octanol–water partition coefficient (Wildman–Crippen LogP) is 2.99. The number of likely N-dealkylation sites (tertiary alicyclic amines) is 1. The molecule has 6 heteroatoms. The van der Waals surface area contributed by atoms with Crippen LogP contribution < -0.4 is 10.9 Å². The van der Waals surface area contributed by atoms with Crippen LogP contribution in [0.5, 0.6) is 0 Å². The molecule has 0 atom stereocenters. The van der Waals surface area contributed by atoms with Crippen LogP contribution in [0.15, 0.2) is 59.5 Å². The summed E-state index contributed by atoms with van der Waals surface area (Å²) in [5.41, 5.74) is 2.83. The summed E-state index contributed by atoms with van der Waals surface area (Å²) in [7, 11) is 0. The van der Waals surface area contributed by atoms with E-state index in [2.05, 4.69) is 32.0 Å². The molecule has 0 bridgehead atoms. The fourth-order valence-corrected chi connectivity index (χ4v) is 3.81. The molecule has 0 amide bonds. The van der Waals surface area contributed by atoms with E-state index in [4.69, 9.17) is 0 Å². The number of nitrogens with one attached hydrogen (secondary N) is 2. The second kappa shape index (κ2) is 10.9. The molecule has 30 heavy (non-hydrogen) atoms. The molecular weight excluding hydrogens is 396 g/mol. The first kappa shape index (κ1) is 22.0. The number of rotatable bonds is 5. The number of aromatic amines is 1. The zero-order valence-electron chi connectivity index (χ0n) is 16.9. The molecule has 3 heterocycles. The summed E-state index contributed by atoms with van der Waals surface area (Å²) >= 11 is 0. The molecule has 0 saturated carbocycles. The number of aromatic nitrogens is 2. The number of hydrogen-bond donors (Lipinski definition) is 2. The minimum Gasteiger partial charge on any atom is -0.320 e. The first-order valence-electron chi connectivity index (χ1n) is 10.2. The highest BCUT2D eigenvalue weighted by atomic mass is 35.5. The van der Waals surface area contributed by atoms with Gasteiger partial charge in [-0.2, -0.15) is 0 Å². The van der Waals surface area contributed by atoms with Gasteiger partial charge in [0.25, 0.3) is 0 Å². The lowest BCUT2D eigenvalue weighted by atomic mass is 10.0. The van der Waals surface area contributed by atoms with Crippen LogP contribution >= 0.6 is 12.4 Å². The van der Waals surface area contributed by atoms with E-state index in [1.54, 1.807) is 6.07 Å². The van der Waals surface area contributed by atoms with E-state index in [0.29, 0.717) is 6.04 Å². The van der Waals surface area contributed by atoms with Crippen LogP contribution in [0, 0.1) is 11.8 Å². The van der Waals surface area contributed by atoms with Crippen molar-refractivity contribution in [2.24, 2.45) is 0 Å². The predicted molar refractivity (Wildman–Crippen MR) is 124 cm³/mol. The van der Waals surface area contributed by atoms with Crippen LogP contribution in [0.3, 0.4) is 0 Å². The van der Waals surface area contributed by atoms with Gasteiger partial charge in [-0.15, -0.1) is 12.4 Å². The van der Waals surface area contributed by atoms with Crippen molar-refractivity contribution in [3.63, 3.8) is 0 Å². The van der Waals surface area contributed by atoms with Crippen molar-refractivity contribution < 1.29 is 0 Å². The highest BCUT2D eigenvalue weighted by molar-refractivity contribution is 5.85. The fourth-order valence-electron chi connectivity index (χ4n) is 3.81. The van der Waals surface area contributed by atoms with E-state index in [1.807, 2.05) is 48.7 Å². The molecule has 1 aliphatic rings. The van der Waals surface area contributed by atoms with Gasteiger partial charge in [0, 0.05) is 42.2 Å². The van der Waals surface area contributed by atoms with Crippen LogP contribution in [0.25, 0.3) is 10.9 Å². The monoisotopic (exact) mass is 422 g/mol. The van der Waals surface area contributed by atoms with Gasteiger partial charge < -0.3 is 15.2 Å². The average molecular weight is 423 g/mol. The Bertz CT molecular complexity index is 1060. The summed E-state index contributed by atoms with van der Waals surface area (Å²) in [5.74, 6) is 6.41. The highest BCUT2D eigenvalue weighted by Crippen LogP contribution is 2.15. The van der Waals surface area contributed by atoms with Crippen molar-refractivity contribution in [2.75, 3.05) is 26.2 Å². The molecule has 1 aromatic carbocycles. The number of H-pyrrole nitrogens is 1. The Hall–Kier alpha value is -2.65. The van der Waals surface area contributed by atoms with Crippen LogP contribution in [-0.2, 0) is 6.42 Å². The SMILES string of the molecule is Cl.O=c1ccc2ccnc(CCN3CCC(NCC#Cc4ccccc4)CC3)c2[nH]1. The lowest BCUT2D eigenvalue weighted by Gasteiger charge is -2.32. The van der Waals surface area contributed by atoms with Crippen molar-refractivity contribution in [3.8, 4) is 11.8 Å². The first-order chi connectivity index (χ1) is 14.3. The average Bonchev–Trinajstić information content (AvgIpc) is 2.77. The van der Waals surface area contributed by atoms with Gasteiger partial charge >= 0.3 is 0 Å². The largest absolute Gasteiger partial charge is 0.320 e.